The summed E-state index contributed by atoms with van der Waals surface area (Å²) in [6.07, 6.45) is 0.979. The van der Waals surface area contributed by atoms with Gasteiger partial charge in [-0.1, -0.05) is 18.3 Å². The maximum atomic E-state index is 11.9. The molecule has 0 unspecified atom stereocenters. The molecule has 0 radical (unpaired) electrons. The number of carbonyl (C=O) groups is 1. The molecule has 1 amide bonds. The van der Waals surface area contributed by atoms with E-state index in [9.17, 15) is 4.79 Å². The Morgan fingerprint density at radius 3 is 2.75 bits per heavy atom. The summed E-state index contributed by atoms with van der Waals surface area (Å²) in [4.78, 5) is 16.4. The summed E-state index contributed by atoms with van der Waals surface area (Å²) in [6, 6.07) is 3.80. The highest BCUT2D eigenvalue weighted by molar-refractivity contribution is 7.22. The average Bonchev–Trinajstić information content (AvgIpc) is 3.04. The topological polar surface area (TPSA) is 60.5 Å². The van der Waals surface area contributed by atoms with Crippen LogP contribution in [0, 0.1) is 11.8 Å². The zero-order valence-corrected chi connectivity index (χ0v) is 11.8. The molecule has 6 heteroatoms. The van der Waals surface area contributed by atoms with Gasteiger partial charge in [-0.2, -0.15) is 0 Å². The van der Waals surface area contributed by atoms with Crippen molar-refractivity contribution in [1.29, 1.82) is 0 Å². The van der Waals surface area contributed by atoms with Crippen molar-refractivity contribution < 1.29 is 14.3 Å². The molecule has 5 nitrogen and oxygen atoms in total. The van der Waals surface area contributed by atoms with E-state index in [-0.39, 0.29) is 11.8 Å². The van der Waals surface area contributed by atoms with Crippen LogP contribution in [0.2, 0.25) is 0 Å². The second-order valence-electron chi connectivity index (χ2n) is 5.29. The standard InChI is InChI=1S/C14H14N2O3S/c1-7-4-8(7)13(17)16-14-15-9-5-10-11(6-12(9)20-14)19-3-2-18-10/h5-8H,2-4H2,1H3,(H,15,16,17)/t7-,8+/m0/s1. The SMILES string of the molecule is C[C@H]1C[C@H]1C(=O)Nc1nc2cc3c(cc2s1)OCCO3. The lowest BCUT2D eigenvalue weighted by Crippen LogP contribution is -2.15. The Kier molecular flexibility index (Phi) is 2.60. The minimum absolute atomic E-state index is 0.0776. The van der Waals surface area contributed by atoms with Gasteiger partial charge < -0.3 is 14.8 Å². The van der Waals surface area contributed by atoms with Crippen molar-refractivity contribution in [3.05, 3.63) is 12.1 Å². The molecule has 0 saturated heterocycles. The summed E-state index contributed by atoms with van der Waals surface area (Å²) in [5.74, 6) is 2.21. The third kappa shape index (κ3) is 2.00. The van der Waals surface area contributed by atoms with Crippen molar-refractivity contribution in [2.24, 2.45) is 11.8 Å². The van der Waals surface area contributed by atoms with Gasteiger partial charge in [0, 0.05) is 18.1 Å². The Bertz CT molecular complexity index is 654. The molecule has 1 N–H and O–H groups in total. The number of aromatic nitrogens is 1. The van der Waals surface area contributed by atoms with Crippen LogP contribution in [0.1, 0.15) is 13.3 Å². The van der Waals surface area contributed by atoms with Gasteiger partial charge in [0.15, 0.2) is 16.6 Å². The number of thiazole rings is 1. The van der Waals surface area contributed by atoms with Crippen molar-refractivity contribution in [3.63, 3.8) is 0 Å². The Morgan fingerprint density at radius 1 is 1.35 bits per heavy atom. The fraction of sp³-hybridized carbons (Fsp3) is 0.429. The minimum atomic E-state index is 0.0776. The molecule has 1 fully saturated rings. The number of hydrogen-bond donors (Lipinski definition) is 1. The van der Waals surface area contributed by atoms with E-state index in [2.05, 4.69) is 17.2 Å². The van der Waals surface area contributed by atoms with Gasteiger partial charge in [-0.15, -0.1) is 0 Å². The Morgan fingerprint density at radius 2 is 2.05 bits per heavy atom. The van der Waals surface area contributed by atoms with E-state index in [1.54, 1.807) is 0 Å². The van der Waals surface area contributed by atoms with Crippen LogP contribution < -0.4 is 14.8 Å². The van der Waals surface area contributed by atoms with Gasteiger partial charge in [0.05, 0.1) is 10.2 Å². The number of benzene rings is 1. The summed E-state index contributed by atoms with van der Waals surface area (Å²) in [7, 11) is 0. The van der Waals surface area contributed by atoms with Crippen LogP contribution in [-0.4, -0.2) is 24.1 Å². The number of fused-ring (bicyclic) bond motifs is 2. The van der Waals surface area contributed by atoms with Crippen molar-refractivity contribution in [3.8, 4) is 11.5 Å². The summed E-state index contributed by atoms with van der Waals surface area (Å²) in [6.45, 7) is 3.22. The normalized spacial score (nSPS) is 23.6. The quantitative estimate of drug-likeness (QED) is 0.923. The Labute approximate surface area is 119 Å². The highest BCUT2D eigenvalue weighted by Gasteiger charge is 2.39. The second kappa shape index (κ2) is 4.34. The van der Waals surface area contributed by atoms with E-state index >= 15 is 0 Å². The molecule has 2 aromatic rings. The molecule has 104 valence electrons. The number of ether oxygens (including phenoxy) is 2. The monoisotopic (exact) mass is 290 g/mol. The second-order valence-corrected chi connectivity index (χ2v) is 6.32. The van der Waals surface area contributed by atoms with E-state index in [4.69, 9.17) is 9.47 Å². The van der Waals surface area contributed by atoms with Gasteiger partial charge in [0.2, 0.25) is 5.91 Å². The average molecular weight is 290 g/mol. The lowest BCUT2D eigenvalue weighted by atomic mass is 10.3. The molecule has 2 heterocycles. The maximum Gasteiger partial charge on any atom is 0.229 e. The van der Waals surface area contributed by atoms with Crippen LogP contribution >= 0.6 is 11.3 Å². The van der Waals surface area contributed by atoms with Gasteiger partial charge in [0.25, 0.3) is 0 Å². The van der Waals surface area contributed by atoms with Crippen molar-refractivity contribution in [2.45, 2.75) is 13.3 Å². The lowest BCUT2D eigenvalue weighted by molar-refractivity contribution is -0.117. The molecule has 1 saturated carbocycles. The van der Waals surface area contributed by atoms with Crippen LogP contribution in [0.4, 0.5) is 5.13 Å². The Hall–Kier alpha value is -1.82. The molecule has 1 aromatic heterocycles. The van der Waals surface area contributed by atoms with Crippen LogP contribution in [0.25, 0.3) is 10.2 Å². The molecule has 0 bridgehead atoms. The van der Waals surface area contributed by atoms with E-state index in [0.29, 0.717) is 24.3 Å². The summed E-state index contributed by atoms with van der Waals surface area (Å²) < 4.78 is 12.1. The Balaban J connectivity index is 1.63. The van der Waals surface area contributed by atoms with Gasteiger partial charge in [-0.05, 0) is 12.3 Å². The fourth-order valence-electron chi connectivity index (χ4n) is 2.40. The van der Waals surface area contributed by atoms with Gasteiger partial charge in [0.1, 0.15) is 13.2 Å². The summed E-state index contributed by atoms with van der Waals surface area (Å²) in [5, 5.41) is 3.55. The number of hydrogen-bond acceptors (Lipinski definition) is 5. The predicted octanol–water partition coefficient (Wildman–Crippen LogP) is 2.66. The number of anilines is 1. The van der Waals surface area contributed by atoms with Gasteiger partial charge >= 0.3 is 0 Å². The van der Waals surface area contributed by atoms with E-state index < -0.39 is 0 Å². The van der Waals surface area contributed by atoms with Crippen molar-refractivity contribution >= 4 is 32.6 Å². The van der Waals surface area contributed by atoms with Crippen LogP contribution in [-0.2, 0) is 4.79 Å². The first-order valence-corrected chi connectivity index (χ1v) is 7.53. The highest BCUT2D eigenvalue weighted by Crippen LogP contribution is 2.40. The van der Waals surface area contributed by atoms with E-state index in [1.807, 2.05) is 12.1 Å². The molecule has 1 aliphatic heterocycles. The molecular weight excluding hydrogens is 276 g/mol. The number of carbonyl (C=O) groups excluding carboxylic acids is 1. The summed E-state index contributed by atoms with van der Waals surface area (Å²) in [5.41, 5.74) is 0.832. The minimum Gasteiger partial charge on any atom is -0.486 e. The third-order valence-corrected chi connectivity index (χ3v) is 4.66. The summed E-state index contributed by atoms with van der Waals surface area (Å²) >= 11 is 1.47. The highest BCUT2D eigenvalue weighted by atomic mass is 32.1. The zero-order chi connectivity index (χ0) is 13.7. The molecule has 20 heavy (non-hydrogen) atoms. The zero-order valence-electron chi connectivity index (χ0n) is 11.0. The maximum absolute atomic E-state index is 11.9. The van der Waals surface area contributed by atoms with Gasteiger partial charge in [-0.25, -0.2) is 4.98 Å². The largest absolute Gasteiger partial charge is 0.486 e. The predicted molar refractivity (Wildman–Crippen MR) is 76.5 cm³/mol. The molecule has 4 rings (SSSR count). The number of rotatable bonds is 2. The number of nitrogens with one attached hydrogen (secondary N) is 1. The first-order chi connectivity index (χ1) is 9.70. The fourth-order valence-corrected chi connectivity index (χ4v) is 3.28. The first-order valence-electron chi connectivity index (χ1n) is 6.72. The van der Waals surface area contributed by atoms with Crippen LogP contribution in [0.5, 0.6) is 11.5 Å². The number of amides is 1. The van der Waals surface area contributed by atoms with Crippen molar-refractivity contribution in [1.82, 2.24) is 4.98 Å². The first kappa shape index (κ1) is 12.0. The number of nitrogens with zero attached hydrogens (tertiary/aromatic N) is 1. The molecule has 2 aliphatic rings. The lowest BCUT2D eigenvalue weighted by Gasteiger charge is -2.17. The molecule has 2 atom stereocenters. The van der Waals surface area contributed by atoms with Crippen LogP contribution in [0.3, 0.4) is 0 Å². The molecule has 0 spiro atoms. The third-order valence-electron chi connectivity index (χ3n) is 3.73. The van der Waals surface area contributed by atoms with E-state index in [0.717, 1.165) is 28.1 Å². The van der Waals surface area contributed by atoms with Crippen molar-refractivity contribution in [2.75, 3.05) is 18.5 Å². The molecule has 1 aromatic carbocycles. The van der Waals surface area contributed by atoms with Crippen LogP contribution in [0.15, 0.2) is 12.1 Å². The molecule has 1 aliphatic carbocycles. The van der Waals surface area contributed by atoms with Gasteiger partial charge in [-0.3, -0.25) is 4.79 Å². The smallest absolute Gasteiger partial charge is 0.229 e. The molecular formula is C14H14N2O3S. The van der Waals surface area contributed by atoms with E-state index in [1.165, 1.54) is 11.3 Å².